The highest BCUT2D eigenvalue weighted by atomic mass is 16.3. The van der Waals surface area contributed by atoms with Crippen LogP contribution >= 0.6 is 0 Å². The second-order valence-electron chi connectivity index (χ2n) is 4.95. The minimum Gasteiger partial charge on any atom is -0.393 e. The molecule has 0 unspecified atom stereocenters. The standard InChI is InChI=1S/C12H21N3O/c1-14(9-10-7-12(16)8-10)6-4-11-3-5-13-15(11)2/h3,5,10,12,16H,4,6-9H2,1-2H3. The molecule has 1 aliphatic carbocycles. The number of nitrogens with zero attached hydrogens (tertiary/aromatic N) is 3. The molecule has 0 aromatic carbocycles. The molecular formula is C12H21N3O. The van der Waals surface area contributed by atoms with Crippen molar-refractivity contribution in [1.29, 1.82) is 0 Å². The molecule has 0 radical (unpaired) electrons. The molecule has 90 valence electrons. The largest absolute Gasteiger partial charge is 0.393 e. The first kappa shape index (κ1) is 11.6. The molecule has 4 nitrogen and oxygen atoms in total. The SMILES string of the molecule is CN(CCc1ccnn1C)CC1CC(O)C1. The Hall–Kier alpha value is -0.870. The number of aromatic nitrogens is 2. The second-order valence-corrected chi connectivity index (χ2v) is 4.95. The fourth-order valence-electron chi connectivity index (χ4n) is 2.33. The Bertz CT molecular complexity index is 331. The Morgan fingerprint density at radius 3 is 2.88 bits per heavy atom. The lowest BCUT2D eigenvalue weighted by atomic mass is 9.82. The van der Waals surface area contributed by atoms with Crippen molar-refractivity contribution in [1.82, 2.24) is 14.7 Å². The van der Waals surface area contributed by atoms with Gasteiger partial charge >= 0.3 is 0 Å². The third-order valence-corrected chi connectivity index (χ3v) is 3.45. The number of rotatable bonds is 5. The van der Waals surface area contributed by atoms with E-state index in [1.807, 2.05) is 17.9 Å². The van der Waals surface area contributed by atoms with Crippen molar-refractivity contribution in [3.05, 3.63) is 18.0 Å². The van der Waals surface area contributed by atoms with Crippen LogP contribution in [0.5, 0.6) is 0 Å². The van der Waals surface area contributed by atoms with Gasteiger partial charge in [-0.25, -0.2) is 0 Å². The minimum atomic E-state index is -0.0320. The van der Waals surface area contributed by atoms with Crippen LogP contribution in [0.25, 0.3) is 0 Å². The van der Waals surface area contributed by atoms with Gasteiger partial charge in [-0.15, -0.1) is 0 Å². The first-order valence-electron chi connectivity index (χ1n) is 5.98. The van der Waals surface area contributed by atoms with E-state index in [0.717, 1.165) is 32.4 Å². The van der Waals surface area contributed by atoms with Crippen LogP contribution in [0.2, 0.25) is 0 Å². The highest BCUT2D eigenvalue weighted by Crippen LogP contribution is 2.27. The molecule has 0 spiro atoms. The lowest BCUT2D eigenvalue weighted by Gasteiger charge is -2.34. The van der Waals surface area contributed by atoms with E-state index in [-0.39, 0.29) is 6.10 Å². The number of aliphatic hydroxyl groups excluding tert-OH is 1. The van der Waals surface area contributed by atoms with Gasteiger partial charge in [0.15, 0.2) is 0 Å². The molecule has 4 heteroatoms. The van der Waals surface area contributed by atoms with E-state index in [9.17, 15) is 5.11 Å². The molecule has 1 aromatic heterocycles. The molecule has 0 bridgehead atoms. The van der Waals surface area contributed by atoms with Crippen LogP contribution in [0.3, 0.4) is 0 Å². The van der Waals surface area contributed by atoms with Crippen molar-refractivity contribution in [2.75, 3.05) is 20.1 Å². The van der Waals surface area contributed by atoms with Crippen molar-refractivity contribution >= 4 is 0 Å². The van der Waals surface area contributed by atoms with Gasteiger partial charge in [-0.05, 0) is 31.9 Å². The molecule has 1 aliphatic rings. The number of likely N-dealkylation sites (N-methyl/N-ethyl adjacent to an activating group) is 1. The van der Waals surface area contributed by atoms with Gasteiger partial charge in [0.2, 0.25) is 0 Å². The van der Waals surface area contributed by atoms with Gasteiger partial charge in [0.1, 0.15) is 0 Å². The summed E-state index contributed by atoms with van der Waals surface area (Å²) in [6, 6.07) is 2.07. The Labute approximate surface area is 96.9 Å². The van der Waals surface area contributed by atoms with E-state index in [4.69, 9.17) is 0 Å². The molecule has 2 rings (SSSR count). The van der Waals surface area contributed by atoms with E-state index < -0.39 is 0 Å². The summed E-state index contributed by atoms with van der Waals surface area (Å²) in [6.45, 7) is 2.17. The smallest absolute Gasteiger partial charge is 0.0546 e. The van der Waals surface area contributed by atoms with Gasteiger partial charge < -0.3 is 10.0 Å². The average molecular weight is 223 g/mol. The predicted octanol–water partition coefficient (Wildman–Crippen LogP) is 0.665. The molecule has 0 aliphatic heterocycles. The summed E-state index contributed by atoms with van der Waals surface area (Å²) >= 11 is 0. The topological polar surface area (TPSA) is 41.3 Å². The fraction of sp³-hybridized carbons (Fsp3) is 0.750. The average Bonchev–Trinajstić information content (AvgIpc) is 2.59. The summed E-state index contributed by atoms with van der Waals surface area (Å²) in [5.41, 5.74) is 1.28. The Morgan fingerprint density at radius 1 is 1.56 bits per heavy atom. The van der Waals surface area contributed by atoms with Crippen molar-refractivity contribution in [3.8, 4) is 0 Å². The maximum Gasteiger partial charge on any atom is 0.0546 e. The monoisotopic (exact) mass is 223 g/mol. The molecule has 1 heterocycles. The summed E-state index contributed by atoms with van der Waals surface area (Å²) in [5, 5.41) is 13.4. The zero-order valence-electron chi connectivity index (χ0n) is 10.1. The first-order valence-corrected chi connectivity index (χ1v) is 5.98. The van der Waals surface area contributed by atoms with Crippen LogP contribution in [0, 0.1) is 5.92 Å². The van der Waals surface area contributed by atoms with Crippen LogP contribution in [0.1, 0.15) is 18.5 Å². The van der Waals surface area contributed by atoms with Gasteiger partial charge in [-0.1, -0.05) is 0 Å². The van der Waals surface area contributed by atoms with E-state index in [2.05, 4.69) is 23.1 Å². The Balaban J connectivity index is 1.68. The number of aliphatic hydroxyl groups is 1. The first-order chi connectivity index (χ1) is 7.65. The molecule has 1 N–H and O–H groups in total. The minimum absolute atomic E-state index is 0.0320. The Kier molecular flexibility index (Phi) is 3.61. The lowest BCUT2D eigenvalue weighted by molar-refractivity contribution is 0.0285. The lowest BCUT2D eigenvalue weighted by Crippen LogP contribution is -2.37. The highest BCUT2D eigenvalue weighted by molar-refractivity contribution is 5.00. The van der Waals surface area contributed by atoms with Crippen LogP contribution in [0.15, 0.2) is 12.3 Å². The third kappa shape index (κ3) is 2.83. The summed E-state index contributed by atoms with van der Waals surface area (Å²) in [6.07, 6.45) is 4.82. The van der Waals surface area contributed by atoms with Gasteiger partial charge in [0, 0.05) is 38.4 Å². The van der Waals surface area contributed by atoms with E-state index in [1.165, 1.54) is 5.69 Å². The normalized spacial score (nSPS) is 24.8. The van der Waals surface area contributed by atoms with E-state index in [0.29, 0.717) is 5.92 Å². The molecule has 1 fully saturated rings. The van der Waals surface area contributed by atoms with Crippen LogP contribution in [0.4, 0.5) is 0 Å². The molecule has 1 aromatic rings. The number of hydrogen-bond acceptors (Lipinski definition) is 3. The van der Waals surface area contributed by atoms with E-state index in [1.54, 1.807) is 0 Å². The van der Waals surface area contributed by atoms with Gasteiger partial charge in [-0.2, -0.15) is 5.10 Å². The maximum absolute atomic E-state index is 9.22. The maximum atomic E-state index is 9.22. The molecular weight excluding hydrogens is 202 g/mol. The van der Waals surface area contributed by atoms with Gasteiger partial charge in [0.05, 0.1) is 6.10 Å². The summed E-state index contributed by atoms with van der Waals surface area (Å²) < 4.78 is 1.93. The van der Waals surface area contributed by atoms with Gasteiger partial charge in [-0.3, -0.25) is 4.68 Å². The third-order valence-electron chi connectivity index (χ3n) is 3.45. The van der Waals surface area contributed by atoms with Crippen molar-refractivity contribution in [2.45, 2.75) is 25.4 Å². The summed E-state index contributed by atoms with van der Waals surface area (Å²) in [7, 11) is 4.14. The number of aryl methyl sites for hydroxylation is 1. The molecule has 0 amide bonds. The highest BCUT2D eigenvalue weighted by Gasteiger charge is 2.27. The van der Waals surface area contributed by atoms with Crippen molar-refractivity contribution in [2.24, 2.45) is 13.0 Å². The van der Waals surface area contributed by atoms with E-state index >= 15 is 0 Å². The quantitative estimate of drug-likeness (QED) is 0.797. The second kappa shape index (κ2) is 4.97. The summed E-state index contributed by atoms with van der Waals surface area (Å²) in [4.78, 5) is 2.35. The zero-order valence-corrected chi connectivity index (χ0v) is 10.1. The van der Waals surface area contributed by atoms with Crippen LogP contribution in [-0.2, 0) is 13.5 Å². The Morgan fingerprint density at radius 2 is 2.31 bits per heavy atom. The molecule has 1 saturated carbocycles. The molecule has 0 saturated heterocycles. The number of hydrogen-bond donors (Lipinski definition) is 1. The molecule has 16 heavy (non-hydrogen) atoms. The zero-order chi connectivity index (χ0) is 11.5. The van der Waals surface area contributed by atoms with Crippen molar-refractivity contribution < 1.29 is 5.11 Å². The van der Waals surface area contributed by atoms with Crippen LogP contribution in [-0.4, -0.2) is 46.0 Å². The fourth-order valence-corrected chi connectivity index (χ4v) is 2.33. The van der Waals surface area contributed by atoms with Crippen LogP contribution < -0.4 is 0 Å². The summed E-state index contributed by atoms with van der Waals surface area (Å²) in [5.74, 6) is 0.700. The molecule has 0 atom stereocenters. The predicted molar refractivity (Wildman–Crippen MR) is 63.1 cm³/mol. The van der Waals surface area contributed by atoms with Crippen molar-refractivity contribution in [3.63, 3.8) is 0 Å². The van der Waals surface area contributed by atoms with Gasteiger partial charge in [0.25, 0.3) is 0 Å².